The average Bonchev–Trinajstić information content (AvgIpc) is 3.18. The van der Waals surface area contributed by atoms with Crippen LogP contribution in [0.5, 0.6) is 0 Å². The fraction of sp³-hybridized carbons (Fsp3) is 0.675. The number of rotatable bonds is 27. The molecule has 6 N–H and O–H groups in total. The molecule has 0 saturated carbocycles. The Labute approximate surface area is 340 Å². The third-order valence-electron chi connectivity index (χ3n) is 10.4. The number of aliphatic carboxylic acids is 4. The molecule has 1 aromatic rings. The molecule has 1 saturated heterocycles. The second-order valence-corrected chi connectivity index (χ2v) is 16.8. The van der Waals surface area contributed by atoms with Gasteiger partial charge in [-0.15, -0.1) is 0 Å². The third-order valence-corrected chi connectivity index (χ3v) is 11.4. The van der Waals surface area contributed by atoms with Gasteiger partial charge in [0.15, 0.2) is 0 Å². The number of carboxylic acids is 4. The maximum atomic E-state index is 13.8. The van der Waals surface area contributed by atoms with Crippen molar-refractivity contribution in [3.63, 3.8) is 0 Å². The molecule has 1 heterocycles. The molecule has 1 aliphatic rings. The van der Waals surface area contributed by atoms with Crippen LogP contribution < -0.4 is 5.73 Å². The van der Waals surface area contributed by atoms with E-state index in [2.05, 4.69) is 0 Å². The minimum Gasteiger partial charge on any atom is -0.481 e. The van der Waals surface area contributed by atoms with Crippen molar-refractivity contribution < 1.29 is 49.2 Å². The molecular weight excluding hydrogens is 761 g/mol. The van der Waals surface area contributed by atoms with Crippen LogP contribution in [-0.4, -0.2) is 152 Å². The van der Waals surface area contributed by atoms with Gasteiger partial charge in [-0.25, -0.2) is 0 Å². The Morgan fingerprint density at radius 3 is 1.93 bits per heavy atom. The Bertz CT molecular complexity index is 1460. The molecule has 0 bridgehead atoms. The van der Waals surface area contributed by atoms with Crippen molar-refractivity contribution >= 4 is 64.3 Å². The van der Waals surface area contributed by atoms with E-state index in [1.807, 2.05) is 44.4 Å². The second-order valence-electron chi connectivity index (χ2n) is 15.2. The maximum absolute atomic E-state index is 13.8. The number of hydrogen-bond donors (Lipinski definition) is 5. The van der Waals surface area contributed by atoms with Gasteiger partial charge in [0.2, 0.25) is 0 Å². The molecule has 2 rings (SSSR count). The number of nitrogens with zero attached hydrogens (tertiary/aromatic N) is 3. The number of thioether (sulfide) groups is 1. The highest BCUT2D eigenvalue weighted by Gasteiger charge is 2.32. The lowest BCUT2D eigenvalue weighted by Crippen LogP contribution is -2.49. The van der Waals surface area contributed by atoms with Crippen molar-refractivity contribution in [2.45, 2.75) is 77.7 Å². The van der Waals surface area contributed by atoms with Gasteiger partial charge in [-0.05, 0) is 72.6 Å². The summed E-state index contributed by atoms with van der Waals surface area (Å²) in [6, 6.07) is 7.42. The lowest BCUT2D eigenvalue weighted by Gasteiger charge is -2.33. The molecule has 0 radical (unpaired) electrons. The summed E-state index contributed by atoms with van der Waals surface area (Å²) in [5, 5.41) is 38.4. The number of carbonyl (C=O) groups excluding carboxylic acids is 2. The van der Waals surface area contributed by atoms with Crippen LogP contribution in [0.15, 0.2) is 24.3 Å². The van der Waals surface area contributed by atoms with Crippen molar-refractivity contribution in [2.75, 3.05) is 70.9 Å². The number of carbonyl (C=O) groups is 6. The van der Waals surface area contributed by atoms with Gasteiger partial charge in [-0.3, -0.25) is 43.5 Å². The van der Waals surface area contributed by atoms with Crippen LogP contribution in [0.4, 0.5) is 0 Å². The summed E-state index contributed by atoms with van der Waals surface area (Å²) in [4.78, 5) is 80.0. The largest absolute Gasteiger partial charge is 0.481 e. The fourth-order valence-electron chi connectivity index (χ4n) is 7.24. The predicted octanol–water partition coefficient (Wildman–Crippen LogP) is 3.46. The molecule has 1 aromatic carbocycles. The summed E-state index contributed by atoms with van der Waals surface area (Å²) in [7, 11) is 0. The number of Topliss-reactive ketones (excluding diaryl/α,β-unsaturated/α-hetero) is 2. The molecule has 0 spiro atoms. The van der Waals surface area contributed by atoms with Gasteiger partial charge < -0.3 is 26.2 Å². The minimum atomic E-state index is -1.03. The van der Waals surface area contributed by atoms with Gasteiger partial charge in [0, 0.05) is 69.9 Å². The minimum absolute atomic E-state index is 0.0391. The predicted molar refractivity (Wildman–Crippen MR) is 220 cm³/mol. The number of thiocarbonyl (C=S) groups is 1. The first-order valence-corrected chi connectivity index (χ1v) is 21.2. The summed E-state index contributed by atoms with van der Waals surface area (Å²) in [6.07, 6.45) is 5.47. The highest BCUT2D eigenvalue weighted by atomic mass is 32.2. The normalized spacial score (nSPS) is 17.6. The van der Waals surface area contributed by atoms with Crippen LogP contribution in [0.3, 0.4) is 0 Å². The molecule has 1 aliphatic heterocycles. The zero-order valence-corrected chi connectivity index (χ0v) is 34.7. The highest BCUT2D eigenvalue weighted by Crippen LogP contribution is 2.27. The number of benzene rings is 1. The molecular formula is C40H62N4O10S2. The fourth-order valence-corrected chi connectivity index (χ4v) is 8.12. The van der Waals surface area contributed by atoms with Gasteiger partial charge in [-0.2, -0.15) is 11.8 Å². The molecule has 16 heteroatoms. The summed E-state index contributed by atoms with van der Waals surface area (Å²) in [5.41, 5.74) is 7.42. The number of carboxylic acid groups (broad SMARTS) is 4. The Hall–Kier alpha value is -3.28. The first kappa shape index (κ1) is 48.9. The van der Waals surface area contributed by atoms with E-state index in [0.29, 0.717) is 82.5 Å². The first-order chi connectivity index (χ1) is 26.5. The molecule has 14 nitrogen and oxygen atoms in total. The number of hydrogen-bond acceptors (Lipinski definition) is 12. The van der Waals surface area contributed by atoms with Crippen LogP contribution in [0, 0.1) is 23.7 Å². The zero-order valence-electron chi connectivity index (χ0n) is 33.1. The molecule has 0 amide bonds. The lowest BCUT2D eigenvalue weighted by atomic mass is 9.79. The Kier molecular flexibility index (Phi) is 22.6. The summed E-state index contributed by atoms with van der Waals surface area (Å²) >= 11 is 7.45. The first-order valence-electron chi connectivity index (χ1n) is 19.4. The zero-order chi connectivity index (χ0) is 41.8. The van der Waals surface area contributed by atoms with Crippen LogP contribution in [0.2, 0.25) is 0 Å². The van der Waals surface area contributed by atoms with E-state index in [4.69, 9.17) is 18.0 Å². The lowest BCUT2D eigenvalue weighted by molar-refractivity contribution is -0.145. The van der Waals surface area contributed by atoms with Crippen LogP contribution in [-0.2, 0) is 41.6 Å². The smallest absolute Gasteiger partial charge is 0.317 e. The number of ketones is 2. The molecule has 4 unspecified atom stereocenters. The van der Waals surface area contributed by atoms with Crippen molar-refractivity contribution in [3.05, 3.63) is 35.4 Å². The van der Waals surface area contributed by atoms with Crippen molar-refractivity contribution in [2.24, 2.45) is 29.4 Å². The Morgan fingerprint density at radius 1 is 0.768 bits per heavy atom. The standard InChI is InChI=1S/C40H62N4O10S2/c1-27(2)34(36(46)21-31(40(53)54)6-4-5-12-41)22-35(45)30(11-17-56-3)20-33(55)19-29-9-7-28(8-10-29)18-32-23-43(25-38(49)50)14-13-42(24-37(47)48)15-16-44(32)26-39(51)52/h7-10,27,30-32,34H,4-6,11-26,41H2,1-3H3,(H,47,48)(H,49,50)(H,51,52)(H,53,54). The summed E-state index contributed by atoms with van der Waals surface area (Å²) in [6.45, 7) is 5.03. The molecule has 0 aromatic heterocycles. The second kappa shape index (κ2) is 25.9. The van der Waals surface area contributed by atoms with Crippen LogP contribution >= 0.6 is 24.0 Å². The summed E-state index contributed by atoms with van der Waals surface area (Å²) in [5.74, 6) is -5.45. The molecule has 1 fully saturated rings. The van der Waals surface area contributed by atoms with E-state index in [0.717, 1.165) is 16.9 Å². The van der Waals surface area contributed by atoms with Gasteiger partial charge in [0.1, 0.15) is 11.6 Å². The number of nitrogens with two attached hydrogens (primary N) is 1. The molecule has 56 heavy (non-hydrogen) atoms. The summed E-state index contributed by atoms with van der Waals surface area (Å²) < 4.78 is 0. The van der Waals surface area contributed by atoms with Crippen LogP contribution in [0.1, 0.15) is 69.9 Å². The third kappa shape index (κ3) is 18.8. The Balaban J connectivity index is 2.16. The quantitative estimate of drug-likeness (QED) is 0.0634. The van der Waals surface area contributed by atoms with Gasteiger partial charge in [0.25, 0.3) is 0 Å². The van der Waals surface area contributed by atoms with E-state index in [9.17, 15) is 49.2 Å². The van der Waals surface area contributed by atoms with E-state index >= 15 is 0 Å². The van der Waals surface area contributed by atoms with E-state index in [-0.39, 0.29) is 68.5 Å². The van der Waals surface area contributed by atoms with Crippen molar-refractivity contribution in [3.8, 4) is 0 Å². The molecule has 0 aliphatic carbocycles. The molecule has 4 atom stereocenters. The van der Waals surface area contributed by atoms with E-state index in [1.165, 1.54) is 0 Å². The monoisotopic (exact) mass is 822 g/mol. The van der Waals surface area contributed by atoms with E-state index in [1.54, 1.807) is 26.5 Å². The topological polar surface area (TPSA) is 219 Å². The number of unbranched alkanes of at least 4 members (excludes halogenated alkanes) is 1. The van der Waals surface area contributed by atoms with Gasteiger partial charge >= 0.3 is 23.9 Å². The SMILES string of the molecule is CSCCC(CC(=S)Cc1ccc(CC2CN(CC(=O)O)CCN(CC(=O)O)CCN2CC(=O)O)cc1)C(=O)CC(C(=O)CC(CCCCN)C(=O)O)C(C)C. The highest BCUT2D eigenvalue weighted by molar-refractivity contribution is 7.98. The maximum Gasteiger partial charge on any atom is 0.317 e. The van der Waals surface area contributed by atoms with Gasteiger partial charge in [0.05, 0.1) is 25.6 Å². The van der Waals surface area contributed by atoms with Gasteiger partial charge in [-0.1, -0.05) is 56.8 Å². The Morgan fingerprint density at radius 2 is 1.36 bits per heavy atom. The molecule has 314 valence electrons. The average molecular weight is 823 g/mol. The van der Waals surface area contributed by atoms with Crippen LogP contribution in [0.25, 0.3) is 0 Å². The van der Waals surface area contributed by atoms with Crippen molar-refractivity contribution in [1.82, 2.24) is 14.7 Å². The van der Waals surface area contributed by atoms with E-state index < -0.39 is 35.7 Å². The van der Waals surface area contributed by atoms with Crippen molar-refractivity contribution in [1.29, 1.82) is 0 Å².